The fraction of sp³-hybridized carbons (Fsp3) is 0.105. The molecule has 0 bridgehead atoms. The largest absolute Gasteiger partial charge is 0.495 e. The summed E-state index contributed by atoms with van der Waals surface area (Å²) in [5.74, 6) is -0.388. The lowest BCUT2D eigenvalue weighted by atomic mass is 10.2. The molecule has 4 aromatic rings. The topological polar surface area (TPSA) is 89.0 Å². The predicted octanol–water partition coefficient (Wildman–Crippen LogP) is 3.32. The zero-order valence-electron chi connectivity index (χ0n) is 14.6. The Hall–Kier alpha value is -3.39. The smallest absolute Gasteiger partial charge is 0.276 e. The molecule has 2 aromatic heterocycles. The van der Waals surface area contributed by atoms with Gasteiger partial charge in [0.1, 0.15) is 18.1 Å². The van der Waals surface area contributed by atoms with E-state index in [-0.39, 0.29) is 11.9 Å². The van der Waals surface area contributed by atoms with E-state index in [0.717, 1.165) is 4.68 Å². The van der Waals surface area contributed by atoms with Crippen LogP contribution in [0.1, 0.15) is 0 Å². The molecule has 0 saturated carbocycles. The number of nitrogens with one attached hydrogen (secondary N) is 2. The average Bonchev–Trinajstić information content (AvgIpc) is 2.98. The Labute approximate surface area is 162 Å². The second-order valence-electron chi connectivity index (χ2n) is 6.11. The van der Waals surface area contributed by atoms with Gasteiger partial charge in [0.15, 0.2) is 0 Å². The van der Waals surface area contributed by atoms with Gasteiger partial charge in [-0.05, 0) is 36.4 Å². The van der Waals surface area contributed by atoms with Gasteiger partial charge in [-0.1, -0.05) is 11.6 Å². The summed E-state index contributed by atoms with van der Waals surface area (Å²) in [6.07, 6.45) is 1.41. The molecule has 142 valence electrons. The van der Waals surface area contributed by atoms with Crippen LogP contribution in [-0.2, 0) is 11.3 Å². The summed E-state index contributed by atoms with van der Waals surface area (Å²) in [6.45, 7) is -0.256. The first-order valence-corrected chi connectivity index (χ1v) is 8.64. The van der Waals surface area contributed by atoms with Gasteiger partial charge in [-0.2, -0.15) is 0 Å². The molecule has 9 heteroatoms. The van der Waals surface area contributed by atoms with Crippen LogP contribution in [0.4, 0.5) is 10.1 Å². The Balaban J connectivity index is 1.64. The van der Waals surface area contributed by atoms with Gasteiger partial charge in [0.05, 0.1) is 28.6 Å². The number of pyridine rings is 1. The molecule has 1 amide bonds. The number of benzene rings is 2. The van der Waals surface area contributed by atoms with Crippen molar-refractivity contribution < 1.29 is 13.9 Å². The van der Waals surface area contributed by atoms with Gasteiger partial charge in [-0.15, -0.1) is 0 Å². The highest BCUT2D eigenvalue weighted by atomic mass is 35.5. The van der Waals surface area contributed by atoms with E-state index in [2.05, 4.69) is 15.4 Å². The zero-order valence-corrected chi connectivity index (χ0v) is 15.4. The van der Waals surface area contributed by atoms with Crippen LogP contribution < -0.4 is 15.6 Å². The van der Waals surface area contributed by atoms with Crippen LogP contribution in [0.15, 0.2) is 47.4 Å². The van der Waals surface area contributed by atoms with E-state index < -0.39 is 17.3 Å². The molecule has 0 atom stereocenters. The normalized spacial score (nSPS) is 11.1. The minimum atomic E-state index is -0.440. The number of hydrogen-bond acceptors (Lipinski definition) is 4. The number of rotatable bonds is 4. The molecule has 0 radical (unpaired) electrons. The van der Waals surface area contributed by atoms with Gasteiger partial charge in [-0.25, -0.2) is 9.07 Å². The van der Waals surface area contributed by atoms with Gasteiger partial charge < -0.3 is 10.1 Å². The summed E-state index contributed by atoms with van der Waals surface area (Å²) in [6, 6.07) is 8.93. The van der Waals surface area contributed by atoms with Crippen LogP contribution in [0.25, 0.3) is 21.8 Å². The first-order chi connectivity index (χ1) is 13.5. The molecular weight excluding hydrogens is 387 g/mol. The van der Waals surface area contributed by atoms with Gasteiger partial charge in [0.25, 0.3) is 5.56 Å². The minimum Gasteiger partial charge on any atom is -0.495 e. The lowest BCUT2D eigenvalue weighted by Crippen LogP contribution is -2.26. The zero-order chi connectivity index (χ0) is 19.8. The summed E-state index contributed by atoms with van der Waals surface area (Å²) in [7, 11) is 1.49. The summed E-state index contributed by atoms with van der Waals surface area (Å²) in [5.41, 5.74) is 1.01. The van der Waals surface area contributed by atoms with E-state index in [4.69, 9.17) is 16.3 Å². The van der Waals surface area contributed by atoms with E-state index in [1.54, 1.807) is 18.2 Å². The van der Waals surface area contributed by atoms with Gasteiger partial charge in [-0.3, -0.25) is 19.7 Å². The Morgan fingerprint density at radius 1 is 1.29 bits per heavy atom. The van der Waals surface area contributed by atoms with Gasteiger partial charge in [0.2, 0.25) is 5.91 Å². The van der Waals surface area contributed by atoms with E-state index in [0.29, 0.717) is 32.9 Å². The highest BCUT2D eigenvalue weighted by Crippen LogP contribution is 2.27. The maximum Gasteiger partial charge on any atom is 0.276 e. The van der Waals surface area contributed by atoms with E-state index in [9.17, 15) is 14.0 Å². The first kappa shape index (κ1) is 18.0. The molecule has 7 nitrogen and oxygen atoms in total. The summed E-state index contributed by atoms with van der Waals surface area (Å²) < 4.78 is 19.8. The molecule has 0 aliphatic carbocycles. The predicted molar refractivity (Wildman–Crippen MR) is 104 cm³/mol. The number of H-pyrrole nitrogens is 1. The van der Waals surface area contributed by atoms with Crippen molar-refractivity contribution >= 4 is 45.0 Å². The molecule has 28 heavy (non-hydrogen) atoms. The monoisotopic (exact) mass is 400 g/mol. The van der Waals surface area contributed by atoms with Crippen LogP contribution in [0.2, 0.25) is 5.02 Å². The molecule has 0 spiro atoms. The molecule has 2 aromatic carbocycles. The summed E-state index contributed by atoms with van der Waals surface area (Å²) >= 11 is 6.04. The number of amides is 1. The highest BCUT2D eigenvalue weighted by molar-refractivity contribution is 6.32. The highest BCUT2D eigenvalue weighted by Gasteiger charge is 2.14. The van der Waals surface area contributed by atoms with Crippen molar-refractivity contribution in [3.63, 3.8) is 0 Å². The number of hydrogen-bond donors (Lipinski definition) is 2. The number of methoxy groups -OCH3 is 1. The standard InChI is InChI=1S/C19H14ClFN4O3/c1-28-16-5-3-11(7-14(16)20)23-17(26)9-25-19(27)13-8-22-15-4-2-10(21)6-12(15)18(13)24-25/h2-8,24H,9H2,1H3,(H,23,26). The number of carbonyl (C=O) groups is 1. The number of aromatic nitrogens is 3. The number of fused-ring (bicyclic) bond motifs is 3. The molecular formula is C19H14ClFN4O3. The molecule has 0 unspecified atom stereocenters. The van der Waals surface area contributed by atoms with Gasteiger partial charge in [0, 0.05) is 17.3 Å². The number of ether oxygens (including phenoxy) is 1. The van der Waals surface area contributed by atoms with Crippen LogP contribution in [0, 0.1) is 5.82 Å². The third kappa shape index (κ3) is 3.18. The minimum absolute atomic E-state index is 0.256. The number of anilines is 1. The number of halogens is 2. The Kier molecular flexibility index (Phi) is 4.48. The van der Waals surface area contributed by atoms with Crippen molar-refractivity contribution in [2.45, 2.75) is 6.54 Å². The van der Waals surface area contributed by atoms with Crippen molar-refractivity contribution in [2.75, 3.05) is 12.4 Å². The van der Waals surface area contributed by atoms with Crippen LogP contribution >= 0.6 is 11.6 Å². The second kappa shape index (κ2) is 6.97. The SMILES string of the molecule is COc1ccc(NC(=O)Cn2[nH]c3c(cnc4ccc(F)cc43)c2=O)cc1Cl. The van der Waals surface area contributed by atoms with Crippen LogP contribution in [0.5, 0.6) is 5.75 Å². The third-order valence-electron chi connectivity index (χ3n) is 4.29. The second-order valence-corrected chi connectivity index (χ2v) is 6.52. The molecule has 0 saturated heterocycles. The molecule has 4 rings (SSSR count). The first-order valence-electron chi connectivity index (χ1n) is 8.26. The van der Waals surface area contributed by atoms with Gasteiger partial charge >= 0.3 is 0 Å². The van der Waals surface area contributed by atoms with Crippen molar-refractivity contribution in [2.24, 2.45) is 0 Å². The number of carbonyl (C=O) groups excluding carboxylic acids is 1. The lowest BCUT2D eigenvalue weighted by Gasteiger charge is -2.08. The molecule has 0 aliphatic heterocycles. The fourth-order valence-electron chi connectivity index (χ4n) is 2.98. The molecule has 2 heterocycles. The van der Waals surface area contributed by atoms with E-state index in [1.807, 2.05) is 0 Å². The Morgan fingerprint density at radius 2 is 2.11 bits per heavy atom. The summed E-state index contributed by atoms with van der Waals surface area (Å²) in [5, 5.41) is 6.63. The fourth-order valence-corrected chi connectivity index (χ4v) is 3.24. The number of nitrogens with zero attached hydrogens (tertiary/aromatic N) is 2. The molecule has 2 N–H and O–H groups in total. The molecule has 0 fully saturated rings. The maximum atomic E-state index is 13.6. The third-order valence-corrected chi connectivity index (χ3v) is 4.58. The number of aromatic amines is 1. The van der Waals surface area contributed by atoms with Crippen molar-refractivity contribution in [3.8, 4) is 5.75 Å². The molecule has 0 aliphatic rings. The quantitative estimate of drug-likeness (QED) is 0.550. The van der Waals surface area contributed by atoms with Crippen molar-refractivity contribution in [3.05, 3.63) is 63.8 Å². The van der Waals surface area contributed by atoms with Crippen molar-refractivity contribution in [1.29, 1.82) is 0 Å². The average molecular weight is 401 g/mol. The Morgan fingerprint density at radius 3 is 2.86 bits per heavy atom. The maximum absolute atomic E-state index is 13.6. The van der Waals surface area contributed by atoms with Crippen LogP contribution in [-0.4, -0.2) is 27.8 Å². The van der Waals surface area contributed by atoms with Crippen molar-refractivity contribution in [1.82, 2.24) is 14.8 Å². The van der Waals surface area contributed by atoms with Crippen LogP contribution in [0.3, 0.4) is 0 Å². The van der Waals surface area contributed by atoms with E-state index in [1.165, 1.54) is 31.5 Å². The Bertz CT molecular complexity index is 1280. The lowest BCUT2D eigenvalue weighted by molar-refractivity contribution is -0.116. The summed E-state index contributed by atoms with van der Waals surface area (Å²) in [4.78, 5) is 29.1. The van der Waals surface area contributed by atoms with E-state index >= 15 is 0 Å².